The highest BCUT2D eigenvalue weighted by Crippen LogP contribution is 2.32. The molecule has 1 fully saturated rings. The predicted molar refractivity (Wildman–Crippen MR) is 114 cm³/mol. The second-order valence-electron chi connectivity index (χ2n) is 6.63. The van der Waals surface area contributed by atoms with Crippen LogP contribution in [0.4, 0.5) is 0 Å². The van der Waals surface area contributed by atoms with E-state index in [0.29, 0.717) is 13.2 Å². The number of nitrogens with one attached hydrogen (secondary N) is 2. The molecule has 5 nitrogen and oxygen atoms in total. The molecule has 1 unspecified atom stereocenters. The van der Waals surface area contributed by atoms with Crippen LogP contribution in [-0.2, 0) is 11.2 Å². The molecule has 2 rings (SSSR count). The van der Waals surface area contributed by atoms with E-state index < -0.39 is 0 Å². The van der Waals surface area contributed by atoms with E-state index in [0.717, 1.165) is 44.9 Å². The summed E-state index contributed by atoms with van der Waals surface area (Å²) < 4.78 is 5.53. The van der Waals surface area contributed by atoms with Crippen molar-refractivity contribution in [3.05, 3.63) is 35.4 Å². The summed E-state index contributed by atoms with van der Waals surface area (Å²) in [7, 11) is 0. The molecule has 0 bridgehead atoms. The number of ether oxygens (including phenoxy) is 1. The Morgan fingerprint density at radius 2 is 2.04 bits per heavy atom. The summed E-state index contributed by atoms with van der Waals surface area (Å²) in [6.07, 6.45) is 2.69. The van der Waals surface area contributed by atoms with Crippen LogP contribution in [0.25, 0.3) is 0 Å². The minimum atomic E-state index is -0.00589. The third-order valence-electron chi connectivity index (χ3n) is 4.57. The maximum atomic E-state index is 9.31. The molecule has 0 aliphatic carbocycles. The zero-order valence-electron chi connectivity index (χ0n) is 15.4. The quantitative estimate of drug-likeness (QED) is 0.316. The van der Waals surface area contributed by atoms with Crippen LogP contribution in [0.5, 0.6) is 0 Å². The number of aryl methyl sites for hydroxylation is 1. The Hall–Kier alpha value is -0.860. The van der Waals surface area contributed by atoms with Gasteiger partial charge in [0.05, 0.1) is 13.2 Å². The Labute approximate surface area is 168 Å². The molecule has 1 atom stereocenters. The topological polar surface area (TPSA) is 65.9 Å². The number of nitrogens with zero attached hydrogens (tertiary/aromatic N) is 1. The highest BCUT2D eigenvalue weighted by Gasteiger charge is 2.34. The van der Waals surface area contributed by atoms with Gasteiger partial charge < -0.3 is 20.5 Å². The lowest BCUT2D eigenvalue weighted by Crippen LogP contribution is -2.39. The number of aliphatic imine (C=N–C) groups is 1. The van der Waals surface area contributed by atoms with Gasteiger partial charge in [-0.05, 0) is 38.7 Å². The fraction of sp³-hybridized carbons (Fsp3) is 0.632. The van der Waals surface area contributed by atoms with E-state index in [2.05, 4.69) is 48.7 Å². The second-order valence-corrected chi connectivity index (χ2v) is 6.63. The van der Waals surface area contributed by atoms with Crippen LogP contribution in [0.15, 0.2) is 29.3 Å². The third-order valence-corrected chi connectivity index (χ3v) is 4.57. The first-order chi connectivity index (χ1) is 11.7. The van der Waals surface area contributed by atoms with E-state index in [4.69, 9.17) is 9.73 Å². The van der Waals surface area contributed by atoms with Crippen molar-refractivity contribution in [3.8, 4) is 0 Å². The van der Waals surface area contributed by atoms with Crippen LogP contribution in [0.2, 0.25) is 0 Å². The maximum Gasteiger partial charge on any atom is 0.191 e. The van der Waals surface area contributed by atoms with Crippen LogP contribution in [0.3, 0.4) is 0 Å². The van der Waals surface area contributed by atoms with Crippen molar-refractivity contribution in [1.82, 2.24) is 10.6 Å². The van der Waals surface area contributed by atoms with Crippen LogP contribution < -0.4 is 10.6 Å². The molecule has 1 aromatic carbocycles. The lowest BCUT2D eigenvalue weighted by atomic mass is 9.84. The molecule has 0 amide bonds. The van der Waals surface area contributed by atoms with Gasteiger partial charge in [0.15, 0.2) is 5.96 Å². The molecule has 142 valence electrons. The summed E-state index contributed by atoms with van der Waals surface area (Å²) in [5.74, 6) is 0.842. The van der Waals surface area contributed by atoms with Gasteiger partial charge in [-0.1, -0.05) is 29.8 Å². The van der Waals surface area contributed by atoms with Crippen molar-refractivity contribution in [2.24, 2.45) is 10.4 Å². The number of aliphatic hydroxyl groups excluding tert-OH is 1. The molecule has 3 N–H and O–H groups in total. The van der Waals surface area contributed by atoms with Gasteiger partial charge in [0.1, 0.15) is 0 Å². The SMILES string of the molecule is CCNC(=NCC1(CCO)CCOC1)NCCc1ccc(C)cc1.I. The van der Waals surface area contributed by atoms with E-state index >= 15 is 0 Å². The first-order valence-corrected chi connectivity index (χ1v) is 8.94. The van der Waals surface area contributed by atoms with Gasteiger partial charge in [-0.2, -0.15) is 0 Å². The van der Waals surface area contributed by atoms with Gasteiger partial charge in [-0.25, -0.2) is 0 Å². The lowest BCUT2D eigenvalue weighted by molar-refractivity contribution is 0.131. The number of rotatable bonds is 8. The van der Waals surface area contributed by atoms with Gasteiger partial charge in [0.25, 0.3) is 0 Å². The smallest absolute Gasteiger partial charge is 0.191 e. The van der Waals surface area contributed by atoms with Crippen molar-refractivity contribution in [2.75, 3.05) is 39.5 Å². The Bertz CT molecular complexity index is 514. The van der Waals surface area contributed by atoms with Gasteiger partial charge in [0, 0.05) is 31.7 Å². The molecule has 1 aromatic rings. The Morgan fingerprint density at radius 1 is 1.28 bits per heavy atom. The van der Waals surface area contributed by atoms with Gasteiger partial charge >= 0.3 is 0 Å². The molecule has 0 spiro atoms. The van der Waals surface area contributed by atoms with E-state index in [1.54, 1.807) is 0 Å². The number of hydrogen-bond donors (Lipinski definition) is 3. The monoisotopic (exact) mass is 461 g/mol. The summed E-state index contributed by atoms with van der Waals surface area (Å²) in [6.45, 7) is 8.20. The summed E-state index contributed by atoms with van der Waals surface area (Å²) in [6, 6.07) is 8.64. The Kier molecular flexibility index (Phi) is 10.4. The minimum Gasteiger partial charge on any atom is -0.396 e. The van der Waals surface area contributed by atoms with Crippen molar-refractivity contribution in [2.45, 2.75) is 33.1 Å². The molecule has 1 saturated heterocycles. The predicted octanol–water partition coefficient (Wildman–Crippen LogP) is 2.50. The lowest BCUT2D eigenvalue weighted by Gasteiger charge is -2.24. The number of aliphatic hydroxyl groups is 1. The first kappa shape index (κ1) is 22.2. The van der Waals surface area contributed by atoms with Crippen LogP contribution in [-0.4, -0.2) is 50.5 Å². The summed E-state index contributed by atoms with van der Waals surface area (Å²) in [5.41, 5.74) is 2.60. The largest absolute Gasteiger partial charge is 0.396 e. The van der Waals surface area contributed by atoms with E-state index in [-0.39, 0.29) is 36.0 Å². The standard InChI is InChI=1S/C19H31N3O2.HI/c1-3-20-18(21-11-8-17-6-4-16(2)5-7-17)22-14-19(9-12-23)10-13-24-15-19;/h4-7,23H,3,8-15H2,1-2H3,(H2,20,21,22);1H. The molecule has 1 heterocycles. The number of guanidine groups is 1. The van der Waals surface area contributed by atoms with Crippen LogP contribution in [0.1, 0.15) is 30.9 Å². The minimum absolute atomic E-state index is 0. The summed E-state index contributed by atoms with van der Waals surface area (Å²) in [4.78, 5) is 4.73. The van der Waals surface area contributed by atoms with Crippen molar-refractivity contribution < 1.29 is 9.84 Å². The average molecular weight is 461 g/mol. The molecule has 1 aliphatic heterocycles. The Morgan fingerprint density at radius 3 is 2.64 bits per heavy atom. The normalized spacial score (nSPS) is 20.2. The van der Waals surface area contributed by atoms with Crippen LogP contribution in [0, 0.1) is 12.3 Å². The Balaban J connectivity index is 0.00000312. The number of halogens is 1. The molecule has 0 radical (unpaired) electrons. The fourth-order valence-corrected chi connectivity index (χ4v) is 2.96. The van der Waals surface area contributed by atoms with Crippen molar-refractivity contribution in [3.63, 3.8) is 0 Å². The van der Waals surface area contributed by atoms with E-state index in [1.165, 1.54) is 11.1 Å². The first-order valence-electron chi connectivity index (χ1n) is 8.94. The maximum absolute atomic E-state index is 9.31. The molecular weight excluding hydrogens is 429 g/mol. The molecule has 1 aliphatic rings. The summed E-state index contributed by atoms with van der Waals surface area (Å²) >= 11 is 0. The molecule has 25 heavy (non-hydrogen) atoms. The zero-order chi connectivity index (χ0) is 17.3. The van der Waals surface area contributed by atoms with Crippen LogP contribution >= 0.6 is 24.0 Å². The number of hydrogen-bond acceptors (Lipinski definition) is 3. The van der Waals surface area contributed by atoms with Gasteiger partial charge in [0.2, 0.25) is 0 Å². The van der Waals surface area contributed by atoms with Gasteiger partial charge in [-0.3, -0.25) is 4.99 Å². The molecule has 0 aromatic heterocycles. The molecule has 6 heteroatoms. The average Bonchev–Trinajstić information content (AvgIpc) is 3.04. The summed E-state index contributed by atoms with van der Waals surface area (Å²) in [5, 5.41) is 16.0. The highest BCUT2D eigenvalue weighted by atomic mass is 127. The van der Waals surface area contributed by atoms with Gasteiger partial charge in [-0.15, -0.1) is 24.0 Å². The molecular formula is C19H32IN3O2. The molecule has 0 saturated carbocycles. The van der Waals surface area contributed by atoms with Crippen molar-refractivity contribution in [1.29, 1.82) is 0 Å². The fourth-order valence-electron chi connectivity index (χ4n) is 2.96. The highest BCUT2D eigenvalue weighted by molar-refractivity contribution is 14.0. The second kappa shape index (κ2) is 11.7. The third kappa shape index (κ3) is 7.50. The van der Waals surface area contributed by atoms with E-state index in [1.807, 2.05) is 0 Å². The van der Waals surface area contributed by atoms with Crippen molar-refractivity contribution >= 4 is 29.9 Å². The zero-order valence-corrected chi connectivity index (χ0v) is 17.7. The van der Waals surface area contributed by atoms with E-state index in [9.17, 15) is 5.11 Å². The number of benzene rings is 1.